The molecule has 0 amide bonds. The van der Waals surface area contributed by atoms with E-state index in [9.17, 15) is 0 Å². The van der Waals surface area contributed by atoms with Crippen LogP contribution >= 0.6 is 0 Å². The van der Waals surface area contributed by atoms with Gasteiger partial charge >= 0.3 is 0 Å². The maximum absolute atomic E-state index is 5.92. The van der Waals surface area contributed by atoms with E-state index in [2.05, 4.69) is 48.5 Å². The molecule has 4 nitrogen and oxygen atoms in total. The topological polar surface area (TPSA) is 45.7 Å². The van der Waals surface area contributed by atoms with E-state index in [0.29, 0.717) is 12.5 Å². The van der Waals surface area contributed by atoms with Crippen LogP contribution < -0.4 is 15.4 Å². The molecule has 1 aromatic rings. The lowest BCUT2D eigenvalue weighted by Gasteiger charge is -2.15. The van der Waals surface area contributed by atoms with Crippen molar-refractivity contribution in [3.05, 3.63) is 29.8 Å². The Morgan fingerprint density at radius 2 is 2.05 bits per heavy atom. The highest BCUT2D eigenvalue weighted by Gasteiger charge is 2.20. The lowest BCUT2D eigenvalue weighted by molar-refractivity contribution is 0.317. The van der Waals surface area contributed by atoms with Crippen molar-refractivity contribution in [2.24, 2.45) is 10.9 Å². The number of ether oxygens (including phenoxy) is 1. The van der Waals surface area contributed by atoms with Gasteiger partial charge in [0.2, 0.25) is 0 Å². The predicted octanol–water partition coefficient (Wildman–Crippen LogP) is 3.15. The first-order chi connectivity index (χ1) is 10.7. The van der Waals surface area contributed by atoms with Gasteiger partial charge in [-0.05, 0) is 43.2 Å². The second-order valence-electron chi connectivity index (χ2n) is 6.13. The zero-order chi connectivity index (χ0) is 15.8. The summed E-state index contributed by atoms with van der Waals surface area (Å²) in [5.74, 6) is 3.17. The Labute approximate surface area is 134 Å². The molecular weight excluding hydrogens is 274 g/mol. The van der Waals surface area contributed by atoms with Crippen LogP contribution in [0.3, 0.4) is 0 Å². The van der Waals surface area contributed by atoms with E-state index < -0.39 is 0 Å². The van der Waals surface area contributed by atoms with Gasteiger partial charge in [-0.2, -0.15) is 0 Å². The van der Waals surface area contributed by atoms with Crippen molar-refractivity contribution in [3.63, 3.8) is 0 Å². The van der Waals surface area contributed by atoms with Gasteiger partial charge in [-0.3, -0.25) is 4.99 Å². The van der Waals surface area contributed by atoms with E-state index in [4.69, 9.17) is 4.74 Å². The Kier molecular flexibility index (Phi) is 6.56. The van der Waals surface area contributed by atoms with Crippen molar-refractivity contribution in [2.75, 3.05) is 26.2 Å². The van der Waals surface area contributed by atoms with Crippen LogP contribution in [0.5, 0.6) is 5.75 Å². The number of aliphatic imine (C=N–C) groups is 1. The molecule has 4 heteroatoms. The summed E-state index contributed by atoms with van der Waals surface area (Å²) in [5, 5.41) is 6.61. The third-order valence-electron chi connectivity index (χ3n) is 3.74. The third-order valence-corrected chi connectivity index (χ3v) is 3.74. The van der Waals surface area contributed by atoms with Crippen LogP contribution in [0.4, 0.5) is 0 Å². The zero-order valence-electron chi connectivity index (χ0n) is 14.1. The van der Waals surface area contributed by atoms with E-state index in [1.807, 2.05) is 12.1 Å². The van der Waals surface area contributed by atoms with Gasteiger partial charge in [-0.25, -0.2) is 0 Å². The van der Waals surface area contributed by atoms with Crippen LogP contribution in [-0.4, -0.2) is 32.2 Å². The molecular formula is C18H29N3O. The van der Waals surface area contributed by atoms with E-state index in [1.54, 1.807) is 0 Å². The van der Waals surface area contributed by atoms with Gasteiger partial charge in [0.25, 0.3) is 0 Å². The number of guanidine groups is 1. The molecule has 0 aromatic heterocycles. The Morgan fingerprint density at radius 1 is 1.27 bits per heavy atom. The quantitative estimate of drug-likeness (QED) is 0.440. The summed E-state index contributed by atoms with van der Waals surface area (Å²) in [6, 6.07) is 8.26. The van der Waals surface area contributed by atoms with E-state index in [-0.39, 0.29) is 0 Å². The lowest BCUT2D eigenvalue weighted by Crippen LogP contribution is -2.39. The van der Waals surface area contributed by atoms with E-state index >= 15 is 0 Å². The van der Waals surface area contributed by atoms with E-state index in [0.717, 1.165) is 37.3 Å². The Hall–Kier alpha value is -1.71. The molecule has 1 aliphatic carbocycles. The summed E-state index contributed by atoms with van der Waals surface area (Å²) in [7, 11) is 0. The monoisotopic (exact) mass is 303 g/mol. The van der Waals surface area contributed by atoms with Crippen LogP contribution in [0.25, 0.3) is 0 Å². The maximum Gasteiger partial charge on any atom is 0.191 e. The standard InChI is InChI=1S/C18H29N3O/c1-4-19-18(21-13-15-9-10-15)20-11-12-22-17-8-6-5-7-16(17)14(2)3/h5-8,14-15H,4,9-13H2,1-3H3,(H2,19,20,21). The van der Waals surface area contributed by atoms with Gasteiger partial charge in [0.1, 0.15) is 12.4 Å². The molecule has 1 aromatic carbocycles. The number of benzene rings is 1. The fourth-order valence-corrected chi connectivity index (χ4v) is 2.28. The number of hydrogen-bond acceptors (Lipinski definition) is 2. The SMILES string of the molecule is CCNC(=NCC1CC1)NCCOc1ccccc1C(C)C. The fourth-order valence-electron chi connectivity index (χ4n) is 2.28. The van der Waals surface area contributed by atoms with Gasteiger partial charge in [-0.1, -0.05) is 32.0 Å². The second-order valence-corrected chi connectivity index (χ2v) is 6.13. The highest BCUT2D eigenvalue weighted by molar-refractivity contribution is 5.79. The minimum absolute atomic E-state index is 0.474. The molecule has 0 aliphatic heterocycles. The third kappa shape index (κ3) is 5.58. The molecule has 0 unspecified atom stereocenters. The van der Waals surface area contributed by atoms with Crippen molar-refractivity contribution >= 4 is 5.96 Å². The Bertz CT molecular complexity index is 481. The molecule has 1 saturated carbocycles. The second kappa shape index (κ2) is 8.66. The Balaban J connectivity index is 1.76. The average molecular weight is 303 g/mol. The lowest BCUT2D eigenvalue weighted by atomic mass is 10.0. The van der Waals surface area contributed by atoms with Gasteiger partial charge < -0.3 is 15.4 Å². The zero-order valence-corrected chi connectivity index (χ0v) is 14.1. The summed E-state index contributed by atoms with van der Waals surface area (Å²) in [4.78, 5) is 4.60. The summed E-state index contributed by atoms with van der Waals surface area (Å²) < 4.78 is 5.92. The first-order valence-corrected chi connectivity index (χ1v) is 8.44. The molecule has 0 saturated heterocycles. The molecule has 122 valence electrons. The number of nitrogens with one attached hydrogen (secondary N) is 2. The predicted molar refractivity (Wildman–Crippen MR) is 92.7 cm³/mol. The number of hydrogen-bond donors (Lipinski definition) is 2. The maximum atomic E-state index is 5.92. The molecule has 1 fully saturated rings. The minimum Gasteiger partial charge on any atom is -0.491 e. The number of nitrogens with zero attached hydrogens (tertiary/aromatic N) is 1. The van der Waals surface area contributed by atoms with Crippen molar-refractivity contribution in [1.29, 1.82) is 0 Å². The smallest absolute Gasteiger partial charge is 0.191 e. The molecule has 0 bridgehead atoms. The van der Waals surface area contributed by atoms with Crippen molar-refractivity contribution in [2.45, 2.75) is 39.5 Å². The molecule has 2 N–H and O–H groups in total. The molecule has 22 heavy (non-hydrogen) atoms. The van der Waals surface area contributed by atoms with E-state index in [1.165, 1.54) is 18.4 Å². The van der Waals surface area contributed by atoms with Crippen LogP contribution in [0, 0.1) is 5.92 Å². The van der Waals surface area contributed by atoms with Gasteiger partial charge in [0, 0.05) is 13.1 Å². The molecule has 0 heterocycles. The highest BCUT2D eigenvalue weighted by Crippen LogP contribution is 2.28. The van der Waals surface area contributed by atoms with Crippen LogP contribution in [0.15, 0.2) is 29.3 Å². The largest absolute Gasteiger partial charge is 0.491 e. The molecule has 0 spiro atoms. The van der Waals surface area contributed by atoms with Gasteiger partial charge in [0.15, 0.2) is 5.96 Å². The summed E-state index contributed by atoms with van der Waals surface area (Å²) in [5.41, 5.74) is 1.26. The first-order valence-electron chi connectivity index (χ1n) is 8.44. The first kappa shape index (κ1) is 16.7. The minimum atomic E-state index is 0.474. The fraction of sp³-hybridized carbons (Fsp3) is 0.611. The number of rotatable bonds is 8. The molecule has 0 atom stereocenters. The summed E-state index contributed by atoms with van der Waals surface area (Å²) in [6.07, 6.45) is 2.66. The van der Waals surface area contributed by atoms with Crippen molar-refractivity contribution < 1.29 is 4.74 Å². The van der Waals surface area contributed by atoms with Crippen molar-refractivity contribution in [3.8, 4) is 5.75 Å². The summed E-state index contributed by atoms with van der Waals surface area (Å²) in [6.45, 7) is 9.67. The average Bonchev–Trinajstić information content (AvgIpc) is 3.33. The van der Waals surface area contributed by atoms with Crippen molar-refractivity contribution in [1.82, 2.24) is 10.6 Å². The Morgan fingerprint density at radius 3 is 2.73 bits per heavy atom. The molecule has 1 aliphatic rings. The van der Waals surface area contributed by atoms with Crippen LogP contribution in [0.1, 0.15) is 45.1 Å². The molecule has 2 rings (SSSR count). The van der Waals surface area contributed by atoms with Crippen LogP contribution in [-0.2, 0) is 0 Å². The number of para-hydroxylation sites is 1. The normalized spacial score (nSPS) is 15.0. The van der Waals surface area contributed by atoms with Gasteiger partial charge in [0.05, 0.1) is 6.54 Å². The highest BCUT2D eigenvalue weighted by atomic mass is 16.5. The summed E-state index contributed by atoms with van der Waals surface area (Å²) >= 11 is 0. The molecule has 0 radical (unpaired) electrons. The van der Waals surface area contributed by atoms with Gasteiger partial charge in [-0.15, -0.1) is 0 Å². The van der Waals surface area contributed by atoms with Crippen LogP contribution in [0.2, 0.25) is 0 Å².